The molecule has 1 atom stereocenters. The molecule has 0 aliphatic carbocycles. The molecule has 0 aliphatic rings. The molecule has 1 heterocycles. The van der Waals surface area contributed by atoms with Gasteiger partial charge in [0.25, 0.3) is 0 Å². The average molecular weight is 195 g/mol. The summed E-state index contributed by atoms with van der Waals surface area (Å²) in [4.78, 5) is 0. The minimum atomic E-state index is 0.191. The van der Waals surface area contributed by atoms with Crippen LogP contribution in [0.25, 0.3) is 0 Å². The van der Waals surface area contributed by atoms with Gasteiger partial charge < -0.3 is 5.73 Å². The van der Waals surface area contributed by atoms with Crippen molar-refractivity contribution in [2.45, 2.75) is 39.7 Å². The van der Waals surface area contributed by atoms with Gasteiger partial charge in [0.15, 0.2) is 0 Å². The van der Waals surface area contributed by atoms with Gasteiger partial charge in [-0.3, -0.25) is 4.68 Å². The Morgan fingerprint density at radius 3 is 2.50 bits per heavy atom. The van der Waals surface area contributed by atoms with Gasteiger partial charge in [-0.15, -0.1) is 0 Å². The van der Waals surface area contributed by atoms with Crippen molar-refractivity contribution in [2.24, 2.45) is 18.7 Å². The van der Waals surface area contributed by atoms with Crippen molar-refractivity contribution in [3.05, 3.63) is 17.5 Å². The van der Waals surface area contributed by atoms with Gasteiger partial charge in [0.1, 0.15) is 0 Å². The van der Waals surface area contributed by atoms with Crippen LogP contribution in [-0.2, 0) is 19.9 Å². The van der Waals surface area contributed by atoms with Gasteiger partial charge >= 0.3 is 0 Å². The van der Waals surface area contributed by atoms with Gasteiger partial charge in [-0.05, 0) is 24.8 Å². The van der Waals surface area contributed by atoms with E-state index in [1.165, 1.54) is 5.56 Å². The number of rotatable bonds is 4. The lowest BCUT2D eigenvalue weighted by Gasteiger charge is -2.06. The van der Waals surface area contributed by atoms with Crippen molar-refractivity contribution in [3.8, 4) is 0 Å². The Morgan fingerprint density at radius 2 is 2.00 bits per heavy atom. The van der Waals surface area contributed by atoms with Crippen molar-refractivity contribution in [3.63, 3.8) is 0 Å². The first-order valence-corrected chi connectivity index (χ1v) is 5.26. The molecule has 0 aromatic carbocycles. The molecule has 0 bridgehead atoms. The average Bonchev–Trinajstić information content (AvgIpc) is 2.28. The van der Waals surface area contributed by atoms with Gasteiger partial charge in [0.05, 0.1) is 5.69 Å². The Hall–Kier alpha value is -0.830. The number of hydrogen-bond acceptors (Lipinski definition) is 2. The zero-order valence-electron chi connectivity index (χ0n) is 9.62. The highest BCUT2D eigenvalue weighted by atomic mass is 15.2. The van der Waals surface area contributed by atoms with E-state index in [4.69, 9.17) is 5.73 Å². The van der Waals surface area contributed by atoms with Crippen LogP contribution in [0.2, 0.25) is 0 Å². The van der Waals surface area contributed by atoms with E-state index in [1.54, 1.807) is 0 Å². The molecule has 80 valence electrons. The van der Waals surface area contributed by atoms with Crippen LogP contribution in [0.5, 0.6) is 0 Å². The highest BCUT2D eigenvalue weighted by Crippen LogP contribution is 2.13. The second-order valence-corrected chi connectivity index (χ2v) is 4.55. The van der Waals surface area contributed by atoms with E-state index in [2.05, 4.69) is 25.1 Å². The van der Waals surface area contributed by atoms with E-state index < -0.39 is 0 Å². The maximum atomic E-state index is 5.78. The fourth-order valence-corrected chi connectivity index (χ4v) is 1.67. The third kappa shape index (κ3) is 3.14. The molecule has 0 amide bonds. The highest BCUT2D eigenvalue weighted by Gasteiger charge is 2.10. The van der Waals surface area contributed by atoms with Gasteiger partial charge in [-0.25, -0.2) is 0 Å². The van der Waals surface area contributed by atoms with Crippen molar-refractivity contribution in [2.75, 3.05) is 0 Å². The lowest BCUT2D eigenvalue weighted by atomic mass is 10.0. The Bertz CT molecular complexity index is 259. The summed E-state index contributed by atoms with van der Waals surface area (Å²) in [5.41, 5.74) is 8.29. The van der Waals surface area contributed by atoms with Crippen LogP contribution in [0, 0.1) is 5.92 Å². The Kier molecular flexibility index (Phi) is 3.69. The molecule has 2 N–H and O–H groups in total. The Balaban J connectivity index is 2.80. The van der Waals surface area contributed by atoms with Crippen molar-refractivity contribution in [1.82, 2.24) is 9.78 Å². The number of aryl methyl sites for hydroxylation is 1. The molecule has 3 nitrogen and oxygen atoms in total. The van der Waals surface area contributed by atoms with Gasteiger partial charge in [0, 0.05) is 25.7 Å². The molecule has 0 radical (unpaired) electrons. The monoisotopic (exact) mass is 195 g/mol. The molecule has 0 saturated carbocycles. The highest BCUT2D eigenvalue weighted by molar-refractivity contribution is 5.18. The summed E-state index contributed by atoms with van der Waals surface area (Å²) in [6, 6.07) is 0.191. The maximum Gasteiger partial charge on any atom is 0.0671 e. The largest absolute Gasteiger partial charge is 0.328 e. The van der Waals surface area contributed by atoms with Crippen molar-refractivity contribution < 1.29 is 0 Å². The van der Waals surface area contributed by atoms with E-state index in [1.807, 2.05) is 18.7 Å². The summed E-state index contributed by atoms with van der Waals surface area (Å²) in [6.07, 6.45) is 4.08. The predicted octanol–water partition coefficient (Wildman–Crippen LogP) is 1.51. The quantitative estimate of drug-likeness (QED) is 0.791. The van der Waals surface area contributed by atoms with Crippen molar-refractivity contribution >= 4 is 0 Å². The first-order valence-electron chi connectivity index (χ1n) is 5.26. The zero-order valence-corrected chi connectivity index (χ0v) is 9.62. The maximum absolute atomic E-state index is 5.78. The molecule has 3 heteroatoms. The van der Waals surface area contributed by atoms with Crippen LogP contribution in [0.15, 0.2) is 6.20 Å². The molecule has 14 heavy (non-hydrogen) atoms. The molecular weight excluding hydrogens is 174 g/mol. The second-order valence-electron chi connectivity index (χ2n) is 4.55. The van der Waals surface area contributed by atoms with Gasteiger partial charge in [-0.1, -0.05) is 13.8 Å². The number of nitrogens with two attached hydrogens (primary N) is 1. The van der Waals surface area contributed by atoms with Crippen molar-refractivity contribution in [1.29, 1.82) is 0 Å². The third-order valence-corrected chi connectivity index (χ3v) is 2.14. The standard InChI is InChI=1S/C11H21N3/c1-8(2)5-10-7-14(4)13-11(10)6-9(3)12/h7-9H,5-6,12H2,1-4H3. The van der Waals surface area contributed by atoms with Crippen LogP contribution in [0.1, 0.15) is 32.0 Å². The molecular formula is C11H21N3. The van der Waals surface area contributed by atoms with Crippen LogP contribution in [-0.4, -0.2) is 15.8 Å². The molecule has 1 unspecified atom stereocenters. The minimum Gasteiger partial charge on any atom is -0.328 e. The molecule has 1 rings (SSSR count). The normalized spacial score (nSPS) is 13.6. The Labute approximate surface area is 86.3 Å². The minimum absolute atomic E-state index is 0.191. The summed E-state index contributed by atoms with van der Waals surface area (Å²) in [6.45, 7) is 6.47. The van der Waals surface area contributed by atoms with Gasteiger partial charge in [0.2, 0.25) is 0 Å². The van der Waals surface area contributed by atoms with E-state index in [0.29, 0.717) is 5.92 Å². The number of aromatic nitrogens is 2. The summed E-state index contributed by atoms with van der Waals surface area (Å²) < 4.78 is 1.88. The summed E-state index contributed by atoms with van der Waals surface area (Å²) in [5, 5.41) is 4.44. The molecule has 0 saturated heterocycles. The van der Waals surface area contributed by atoms with E-state index >= 15 is 0 Å². The molecule has 1 aromatic heterocycles. The number of nitrogens with zero attached hydrogens (tertiary/aromatic N) is 2. The first-order chi connectivity index (χ1) is 6.49. The van der Waals surface area contributed by atoms with E-state index in [-0.39, 0.29) is 6.04 Å². The van der Waals surface area contributed by atoms with Crippen LogP contribution < -0.4 is 5.73 Å². The van der Waals surface area contributed by atoms with E-state index in [0.717, 1.165) is 18.5 Å². The summed E-state index contributed by atoms with van der Waals surface area (Å²) in [7, 11) is 1.97. The molecule has 0 spiro atoms. The predicted molar refractivity (Wildman–Crippen MR) is 59.1 cm³/mol. The smallest absolute Gasteiger partial charge is 0.0671 e. The summed E-state index contributed by atoms with van der Waals surface area (Å²) in [5.74, 6) is 0.672. The van der Waals surface area contributed by atoms with Crippen LogP contribution >= 0.6 is 0 Å². The fourth-order valence-electron chi connectivity index (χ4n) is 1.67. The SMILES string of the molecule is CC(C)Cc1cn(C)nc1CC(C)N. The molecule has 0 aliphatic heterocycles. The third-order valence-electron chi connectivity index (χ3n) is 2.14. The van der Waals surface area contributed by atoms with E-state index in [9.17, 15) is 0 Å². The molecule has 1 aromatic rings. The lowest BCUT2D eigenvalue weighted by Crippen LogP contribution is -2.19. The zero-order chi connectivity index (χ0) is 10.7. The first kappa shape index (κ1) is 11.2. The Morgan fingerprint density at radius 1 is 1.36 bits per heavy atom. The number of hydrogen-bond donors (Lipinski definition) is 1. The van der Waals surface area contributed by atoms with Gasteiger partial charge in [-0.2, -0.15) is 5.10 Å². The molecule has 0 fully saturated rings. The lowest BCUT2D eigenvalue weighted by molar-refractivity contribution is 0.634. The van der Waals surface area contributed by atoms with Crippen LogP contribution in [0.3, 0.4) is 0 Å². The fraction of sp³-hybridized carbons (Fsp3) is 0.727. The van der Waals surface area contributed by atoms with Crippen LogP contribution in [0.4, 0.5) is 0 Å². The summed E-state index contributed by atoms with van der Waals surface area (Å²) >= 11 is 0. The topological polar surface area (TPSA) is 43.8 Å². The second kappa shape index (κ2) is 4.60.